The van der Waals surface area contributed by atoms with E-state index in [1.807, 2.05) is 6.07 Å². The molecule has 17 heavy (non-hydrogen) atoms. The van der Waals surface area contributed by atoms with Gasteiger partial charge in [-0.2, -0.15) is 0 Å². The smallest absolute Gasteiger partial charge is 0.211 e. The summed E-state index contributed by atoms with van der Waals surface area (Å²) < 4.78 is 23.7. The van der Waals surface area contributed by atoms with Crippen molar-refractivity contribution >= 4 is 0 Å². The Morgan fingerprint density at radius 3 is 2.00 bits per heavy atom. The molecule has 96 valence electrons. The van der Waals surface area contributed by atoms with E-state index in [-0.39, 0.29) is 6.42 Å². The molecule has 1 aromatic rings. The summed E-state index contributed by atoms with van der Waals surface area (Å²) in [5, 5.41) is 0. The topological polar surface area (TPSA) is 0 Å². The minimum absolute atomic E-state index is 0.0734. The van der Waals surface area contributed by atoms with Crippen LogP contribution in [0.15, 0.2) is 30.3 Å². The molecule has 0 N–H and O–H groups in total. The fraction of sp³-hybridized carbons (Fsp3) is 0.600. The summed E-state index contributed by atoms with van der Waals surface area (Å²) in [6.07, 6.45) is 5.42. The van der Waals surface area contributed by atoms with E-state index in [1.54, 1.807) is 0 Å². The molecule has 0 unspecified atom stereocenters. The summed E-state index contributed by atoms with van der Waals surface area (Å²) in [7, 11) is 0. The van der Waals surface area contributed by atoms with Gasteiger partial charge in [0.25, 0.3) is 0 Å². The largest absolute Gasteiger partial charge is 0.238 e. The van der Waals surface area contributed by atoms with E-state index >= 15 is 0 Å². The van der Waals surface area contributed by atoms with Gasteiger partial charge in [0.1, 0.15) is 0 Å². The van der Waals surface area contributed by atoms with Crippen LogP contribution in [0.4, 0.5) is 8.78 Å². The lowest BCUT2D eigenvalue weighted by Gasteiger charge is -2.02. The summed E-state index contributed by atoms with van der Waals surface area (Å²) in [4.78, 5) is 0. The maximum Gasteiger partial charge on any atom is 0.238 e. The molecule has 1 aromatic carbocycles. The Balaban J connectivity index is 1.88. The van der Waals surface area contributed by atoms with Gasteiger partial charge in [0, 0.05) is 6.42 Å². The molecule has 0 fully saturated rings. The van der Waals surface area contributed by atoms with Crippen LogP contribution in [0, 0.1) is 0 Å². The minimum atomic E-state index is -2.12. The summed E-state index contributed by atoms with van der Waals surface area (Å²) in [5.41, 5.74) is 1.39. The van der Waals surface area contributed by atoms with Crippen LogP contribution in [0.2, 0.25) is 0 Å². The Morgan fingerprint density at radius 2 is 1.35 bits per heavy atom. The average Bonchev–Trinajstić information content (AvgIpc) is 2.33. The zero-order valence-corrected chi connectivity index (χ0v) is 10.4. The second kappa shape index (κ2) is 9.15. The molecule has 0 aliphatic heterocycles. The molecule has 1 rings (SSSR count). The lowest BCUT2D eigenvalue weighted by molar-refractivity contribution is 0.133. The van der Waals surface area contributed by atoms with E-state index < -0.39 is 6.43 Å². The molecule has 0 saturated heterocycles. The number of benzene rings is 1. The Labute approximate surface area is 103 Å². The summed E-state index contributed by atoms with van der Waals surface area (Å²) in [6.45, 7) is 0. The number of hydrogen-bond acceptors (Lipinski definition) is 0. The van der Waals surface area contributed by atoms with Crippen molar-refractivity contribution in [3.05, 3.63) is 35.9 Å². The molecule has 0 radical (unpaired) electrons. The molecule has 0 aliphatic rings. The maximum absolute atomic E-state index is 11.9. The van der Waals surface area contributed by atoms with Crippen LogP contribution in [-0.2, 0) is 6.42 Å². The maximum atomic E-state index is 11.9. The van der Waals surface area contributed by atoms with Crippen LogP contribution in [-0.4, -0.2) is 6.43 Å². The third-order valence-electron chi connectivity index (χ3n) is 2.98. The highest BCUT2D eigenvalue weighted by Crippen LogP contribution is 2.12. The molecule has 0 amide bonds. The van der Waals surface area contributed by atoms with Crippen molar-refractivity contribution in [1.82, 2.24) is 0 Å². The number of rotatable bonds is 9. The molecular weight excluding hydrogens is 218 g/mol. The lowest BCUT2D eigenvalue weighted by atomic mass is 10.0. The second-order valence-electron chi connectivity index (χ2n) is 4.54. The summed E-state index contributed by atoms with van der Waals surface area (Å²) in [6, 6.07) is 10.5. The highest BCUT2D eigenvalue weighted by Gasteiger charge is 2.00. The fourth-order valence-electron chi connectivity index (χ4n) is 1.98. The van der Waals surface area contributed by atoms with Gasteiger partial charge in [0.2, 0.25) is 6.43 Å². The number of aryl methyl sites for hydroxylation is 1. The highest BCUT2D eigenvalue weighted by atomic mass is 19.3. The van der Waals surface area contributed by atoms with E-state index in [4.69, 9.17) is 0 Å². The van der Waals surface area contributed by atoms with E-state index in [9.17, 15) is 8.78 Å². The molecule has 0 heterocycles. The summed E-state index contributed by atoms with van der Waals surface area (Å²) in [5.74, 6) is 0. The molecule has 0 bridgehead atoms. The minimum Gasteiger partial charge on any atom is -0.211 e. The Bertz CT molecular complexity index is 270. The molecule has 0 atom stereocenters. The van der Waals surface area contributed by atoms with E-state index in [1.165, 1.54) is 24.8 Å². The second-order valence-corrected chi connectivity index (χ2v) is 4.54. The van der Waals surface area contributed by atoms with Crippen molar-refractivity contribution in [1.29, 1.82) is 0 Å². The van der Waals surface area contributed by atoms with Gasteiger partial charge in [0.05, 0.1) is 0 Å². The van der Waals surface area contributed by atoms with Crippen LogP contribution in [0.25, 0.3) is 0 Å². The lowest BCUT2D eigenvalue weighted by Crippen LogP contribution is -1.90. The fourth-order valence-corrected chi connectivity index (χ4v) is 1.98. The van der Waals surface area contributed by atoms with Gasteiger partial charge >= 0.3 is 0 Å². The van der Waals surface area contributed by atoms with Crippen LogP contribution in [0.1, 0.15) is 50.5 Å². The third-order valence-corrected chi connectivity index (χ3v) is 2.98. The molecule has 0 aliphatic carbocycles. The first-order valence-corrected chi connectivity index (χ1v) is 6.61. The van der Waals surface area contributed by atoms with Crippen molar-refractivity contribution < 1.29 is 8.78 Å². The van der Waals surface area contributed by atoms with Gasteiger partial charge in [-0.3, -0.25) is 0 Å². The summed E-state index contributed by atoms with van der Waals surface area (Å²) >= 11 is 0. The Hall–Kier alpha value is -0.920. The molecule has 0 aromatic heterocycles. The van der Waals surface area contributed by atoms with Crippen LogP contribution >= 0.6 is 0 Å². The van der Waals surface area contributed by atoms with Crippen molar-refractivity contribution in [2.75, 3.05) is 0 Å². The average molecular weight is 240 g/mol. The van der Waals surface area contributed by atoms with Crippen LogP contribution < -0.4 is 0 Å². The van der Waals surface area contributed by atoms with Gasteiger partial charge in [-0.15, -0.1) is 0 Å². The first kappa shape index (κ1) is 14.1. The Kier molecular flexibility index (Phi) is 7.61. The predicted molar refractivity (Wildman–Crippen MR) is 68.5 cm³/mol. The van der Waals surface area contributed by atoms with Gasteiger partial charge in [-0.25, -0.2) is 8.78 Å². The van der Waals surface area contributed by atoms with Crippen molar-refractivity contribution in [2.24, 2.45) is 0 Å². The van der Waals surface area contributed by atoms with Crippen molar-refractivity contribution in [3.63, 3.8) is 0 Å². The van der Waals surface area contributed by atoms with Crippen molar-refractivity contribution in [2.45, 2.75) is 57.8 Å². The quantitative estimate of drug-likeness (QED) is 0.519. The first-order valence-electron chi connectivity index (χ1n) is 6.61. The molecule has 0 nitrogen and oxygen atoms in total. The van der Waals surface area contributed by atoms with Gasteiger partial charge in [0.15, 0.2) is 0 Å². The van der Waals surface area contributed by atoms with E-state index in [2.05, 4.69) is 24.3 Å². The number of unbranched alkanes of at least 4 members (excludes halogenated alkanes) is 5. The van der Waals surface area contributed by atoms with Gasteiger partial charge in [-0.1, -0.05) is 56.0 Å². The Morgan fingerprint density at radius 1 is 0.765 bits per heavy atom. The van der Waals surface area contributed by atoms with Gasteiger partial charge < -0.3 is 0 Å². The monoisotopic (exact) mass is 240 g/mol. The molecule has 2 heteroatoms. The van der Waals surface area contributed by atoms with E-state index in [0.29, 0.717) is 6.42 Å². The number of hydrogen-bond donors (Lipinski definition) is 0. The standard InChI is InChI=1S/C15H22F2/c16-15(17)13-9-4-2-1-3-6-10-14-11-7-5-8-12-14/h5,7-8,11-12,15H,1-4,6,9-10,13H2. The van der Waals surface area contributed by atoms with Crippen molar-refractivity contribution in [3.8, 4) is 0 Å². The highest BCUT2D eigenvalue weighted by molar-refractivity contribution is 5.14. The first-order chi connectivity index (χ1) is 8.29. The molecule has 0 saturated carbocycles. The van der Waals surface area contributed by atoms with Gasteiger partial charge in [-0.05, 0) is 24.8 Å². The molecular formula is C15H22F2. The molecule has 0 spiro atoms. The predicted octanol–water partition coefficient (Wildman–Crippen LogP) is 5.22. The van der Waals surface area contributed by atoms with Crippen LogP contribution in [0.3, 0.4) is 0 Å². The zero-order chi connectivity index (χ0) is 12.3. The van der Waals surface area contributed by atoms with E-state index in [0.717, 1.165) is 19.3 Å². The number of alkyl halides is 2. The normalized spacial score (nSPS) is 11.0. The van der Waals surface area contributed by atoms with Crippen LogP contribution in [0.5, 0.6) is 0 Å². The third kappa shape index (κ3) is 7.89. The zero-order valence-electron chi connectivity index (χ0n) is 10.4. The SMILES string of the molecule is FC(F)CCCCCCCCc1ccccc1. The number of halogens is 2.